The van der Waals surface area contributed by atoms with Crippen LogP contribution in [-0.4, -0.2) is 24.8 Å². The van der Waals surface area contributed by atoms with Gasteiger partial charge in [-0.15, -0.1) is 0 Å². The van der Waals surface area contributed by atoms with Gasteiger partial charge in [-0.2, -0.15) is 26.3 Å². The zero-order chi connectivity index (χ0) is 19.4. The quantitative estimate of drug-likeness (QED) is 0.475. The summed E-state index contributed by atoms with van der Waals surface area (Å²) in [6, 6.07) is 12.6. The van der Waals surface area contributed by atoms with E-state index in [4.69, 9.17) is 4.74 Å². The number of benzene rings is 2. The third-order valence-corrected chi connectivity index (χ3v) is 3.79. The zero-order valence-corrected chi connectivity index (χ0v) is 13.8. The van der Waals surface area contributed by atoms with E-state index in [-0.39, 0.29) is 23.6 Å². The molecule has 2 rings (SSSR count). The minimum Gasteiger partial charge on any atom is -0.486 e. The molecule has 1 atom stereocenters. The first-order chi connectivity index (χ1) is 12.1. The molecule has 0 radical (unpaired) electrons. The van der Waals surface area contributed by atoms with Crippen molar-refractivity contribution in [3.05, 3.63) is 65.7 Å². The molecule has 0 amide bonds. The molecule has 1 unspecified atom stereocenters. The molecular formula is C18H17F6NO. The highest BCUT2D eigenvalue weighted by atomic mass is 19.4. The lowest BCUT2D eigenvalue weighted by molar-refractivity contribution is -0.237. The average Bonchev–Trinajstić information content (AvgIpc) is 2.58. The summed E-state index contributed by atoms with van der Waals surface area (Å²) in [7, 11) is 0.931. The van der Waals surface area contributed by atoms with E-state index < -0.39 is 24.1 Å². The molecule has 0 bridgehead atoms. The second-order valence-electron chi connectivity index (χ2n) is 5.72. The van der Waals surface area contributed by atoms with E-state index in [9.17, 15) is 26.3 Å². The van der Waals surface area contributed by atoms with Crippen LogP contribution in [0.3, 0.4) is 0 Å². The Labute approximate surface area is 147 Å². The van der Waals surface area contributed by atoms with Gasteiger partial charge in [-0.1, -0.05) is 30.3 Å². The first-order valence-corrected chi connectivity index (χ1v) is 7.74. The second kappa shape index (κ2) is 7.99. The standard InChI is InChI=1S/C18H17F6NO/c1-25(18(22,23)24)12-11-16(13-5-3-2-4-6-13)26-15-9-7-14(8-10-15)17(19,20)21/h2-10,16H,11-12H2,1H3. The van der Waals surface area contributed by atoms with Crippen LogP contribution in [0.2, 0.25) is 0 Å². The van der Waals surface area contributed by atoms with Crippen LogP contribution in [0.4, 0.5) is 26.3 Å². The van der Waals surface area contributed by atoms with Gasteiger partial charge in [0.05, 0.1) is 5.56 Å². The highest BCUT2D eigenvalue weighted by Crippen LogP contribution is 2.32. The summed E-state index contributed by atoms with van der Waals surface area (Å²) >= 11 is 0. The fourth-order valence-electron chi connectivity index (χ4n) is 2.29. The van der Waals surface area contributed by atoms with E-state index in [1.54, 1.807) is 30.3 Å². The van der Waals surface area contributed by atoms with Gasteiger partial charge in [0.15, 0.2) is 0 Å². The van der Waals surface area contributed by atoms with Crippen LogP contribution < -0.4 is 4.74 Å². The molecule has 0 spiro atoms. The summed E-state index contributed by atoms with van der Waals surface area (Å²) in [4.78, 5) is 0.235. The van der Waals surface area contributed by atoms with E-state index >= 15 is 0 Å². The van der Waals surface area contributed by atoms with Crippen molar-refractivity contribution in [2.45, 2.75) is 25.0 Å². The second-order valence-corrected chi connectivity index (χ2v) is 5.72. The number of ether oxygens (including phenoxy) is 1. The fraction of sp³-hybridized carbons (Fsp3) is 0.333. The van der Waals surface area contributed by atoms with E-state index in [1.807, 2.05) is 0 Å². The van der Waals surface area contributed by atoms with Gasteiger partial charge in [0, 0.05) is 13.0 Å². The number of hydrogen-bond acceptors (Lipinski definition) is 2. The van der Waals surface area contributed by atoms with Crippen LogP contribution in [0.15, 0.2) is 54.6 Å². The van der Waals surface area contributed by atoms with Crippen molar-refractivity contribution in [2.24, 2.45) is 0 Å². The Kier molecular flexibility index (Phi) is 6.17. The Morgan fingerprint density at radius 2 is 1.46 bits per heavy atom. The third-order valence-electron chi connectivity index (χ3n) is 3.79. The molecule has 2 aromatic rings. The molecule has 2 nitrogen and oxygen atoms in total. The zero-order valence-electron chi connectivity index (χ0n) is 13.8. The third kappa shape index (κ3) is 5.66. The molecule has 0 heterocycles. The van der Waals surface area contributed by atoms with Crippen molar-refractivity contribution in [3.63, 3.8) is 0 Å². The molecule has 0 saturated carbocycles. The summed E-state index contributed by atoms with van der Waals surface area (Å²) in [5.41, 5.74) is -0.180. The summed E-state index contributed by atoms with van der Waals surface area (Å²) in [6.45, 7) is -0.316. The number of alkyl halides is 6. The predicted octanol–water partition coefficient (Wildman–Crippen LogP) is 5.67. The van der Waals surface area contributed by atoms with Crippen molar-refractivity contribution in [1.82, 2.24) is 4.90 Å². The number of rotatable bonds is 6. The topological polar surface area (TPSA) is 12.5 Å². The molecule has 0 N–H and O–H groups in total. The van der Waals surface area contributed by atoms with Crippen molar-refractivity contribution >= 4 is 0 Å². The average molecular weight is 377 g/mol. The Morgan fingerprint density at radius 3 is 1.96 bits per heavy atom. The van der Waals surface area contributed by atoms with Crippen molar-refractivity contribution in [2.75, 3.05) is 13.6 Å². The predicted molar refractivity (Wildman–Crippen MR) is 84.6 cm³/mol. The maximum atomic E-state index is 12.7. The Morgan fingerprint density at radius 1 is 0.885 bits per heavy atom. The molecule has 0 aromatic heterocycles. The molecule has 2 aromatic carbocycles. The molecule has 0 aliphatic carbocycles. The van der Waals surface area contributed by atoms with E-state index in [2.05, 4.69) is 0 Å². The summed E-state index contributed by atoms with van der Waals surface area (Å²) < 4.78 is 81.5. The minimum atomic E-state index is -4.47. The number of hydrogen-bond donors (Lipinski definition) is 0. The Bertz CT molecular complexity index is 682. The Hall–Kier alpha value is -2.22. The minimum absolute atomic E-state index is 0.0149. The highest BCUT2D eigenvalue weighted by Gasteiger charge is 2.34. The van der Waals surface area contributed by atoms with Gasteiger partial charge in [-0.25, -0.2) is 4.90 Å². The maximum absolute atomic E-state index is 12.7. The molecule has 142 valence electrons. The van der Waals surface area contributed by atoms with Crippen LogP contribution in [-0.2, 0) is 6.18 Å². The summed E-state index contributed by atoms with van der Waals surface area (Å²) in [6.07, 6.45) is -9.64. The lowest BCUT2D eigenvalue weighted by atomic mass is 10.1. The highest BCUT2D eigenvalue weighted by molar-refractivity contribution is 5.30. The molecule has 26 heavy (non-hydrogen) atoms. The molecule has 0 saturated heterocycles. The van der Waals surface area contributed by atoms with Gasteiger partial charge in [-0.05, 0) is 36.9 Å². The van der Waals surface area contributed by atoms with Crippen LogP contribution in [0, 0.1) is 0 Å². The van der Waals surface area contributed by atoms with Gasteiger partial charge >= 0.3 is 12.5 Å². The van der Waals surface area contributed by atoms with E-state index in [0.717, 1.165) is 31.3 Å². The lowest BCUT2D eigenvalue weighted by Crippen LogP contribution is -2.35. The molecule has 0 aliphatic heterocycles. The molecular weight excluding hydrogens is 360 g/mol. The first-order valence-electron chi connectivity index (χ1n) is 7.74. The van der Waals surface area contributed by atoms with E-state index in [0.29, 0.717) is 5.56 Å². The van der Waals surface area contributed by atoms with Crippen LogP contribution in [0.1, 0.15) is 23.7 Å². The van der Waals surface area contributed by atoms with Gasteiger partial charge < -0.3 is 4.74 Å². The molecule has 0 fully saturated rings. The Balaban J connectivity index is 2.14. The van der Waals surface area contributed by atoms with Crippen LogP contribution in [0.5, 0.6) is 5.75 Å². The van der Waals surface area contributed by atoms with Gasteiger partial charge in [0.2, 0.25) is 0 Å². The summed E-state index contributed by atoms with van der Waals surface area (Å²) in [5.74, 6) is 0.154. The summed E-state index contributed by atoms with van der Waals surface area (Å²) in [5, 5.41) is 0. The van der Waals surface area contributed by atoms with Gasteiger partial charge in [0.25, 0.3) is 0 Å². The molecule has 0 aliphatic rings. The van der Waals surface area contributed by atoms with Crippen LogP contribution >= 0.6 is 0 Å². The number of nitrogens with zero attached hydrogens (tertiary/aromatic N) is 1. The smallest absolute Gasteiger partial charge is 0.459 e. The number of halogens is 6. The van der Waals surface area contributed by atoms with E-state index in [1.165, 1.54) is 0 Å². The fourth-order valence-corrected chi connectivity index (χ4v) is 2.29. The maximum Gasteiger partial charge on any atom is 0.459 e. The van der Waals surface area contributed by atoms with Crippen molar-refractivity contribution < 1.29 is 31.1 Å². The van der Waals surface area contributed by atoms with Crippen molar-refractivity contribution in [3.8, 4) is 5.75 Å². The lowest BCUT2D eigenvalue weighted by Gasteiger charge is -2.24. The monoisotopic (exact) mass is 377 g/mol. The largest absolute Gasteiger partial charge is 0.486 e. The first kappa shape index (κ1) is 20.1. The van der Waals surface area contributed by atoms with Gasteiger partial charge in [-0.3, -0.25) is 0 Å². The van der Waals surface area contributed by atoms with Crippen molar-refractivity contribution in [1.29, 1.82) is 0 Å². The van der Waals surface area contributed by atoms with Crippen LogP contribution in [0.25, 0.3) is 0 Å². The SMILES string of the molecule is CN(CCC(Oc1ccc(C(F)(F)F)cc1)c1ccccc1)C(F)(F)F. The molecule has 8 heteroatoms. The normalized spacial score (nSPS) is 13.7. The van der Waals surface area contributed by atoms with Gasteiger partial charge in [0.1, 0.15) is 11.9 Å².